The van der Waals surface area contributed by atoms with Gasteiger partial charge in [-0.3, -0.25) is 4.79 Å². The molecule has 1 atom stereocenters. The Kier molecular flexibility index (Phi) is 5.20. The highest BCUT2D eigenvalue weighted by molar-refractivity contribution is 5.91. The summed E-state index contributed by atoms with van der Waals surface area (Å²) in [5, 5.41) is 14.5. The number of amides is 1. The van der Waals surface area contributed by atoms with E-state index in [9.17, 15) is 9.18 Å². The molecule has 0 fully saturated rings. The fourth-order valence-corrected chi connectivity index (χ4v) is 2.89. The van der Waals surface area contributed by atoms with E-state index in [1.54, 1.807) is 12.1 Å². The molecule has 3 rings (SSSR count). The smallest absolute Gasteiger partial charge is 0.225 e. The Morgan fingerprint density at radius 2 is 2.25 bits per heavy atom. The summed E-state index contributed by atoms with van der Waals surface area (Å²) in [6, 6.07) is 5.87. The second-order valence-electron chi connectivity index (χ2n) is 6.19. The van der Waals surface area contributed by atoms with Gasteiger partial charge < -0.3 is 15.2 Å². The Balaban J connectivity index is 1.48. The topological polar surface area (TPSA) is 71.8 Å². The minimum absolute atomic E-state index is 0.0184. The Bertz CT molecular complexity index is 715. The number of aromatic nitrogens is 3. The lowest BCUT2D eigenvalue weighted by molar-refractivity contribution is -0.116. The first-order valence-corrected chi connectivity index (χ1v) is 8.31. The quantitative estimate of drug-likeness (QED) is 0.852. The van der Waals surface area contributed by atoms with Crippen molar-refractivity contribution in [1.29, 1.82) is 0 Å². The summed E-state index contributed by atoms with van der Waals surface area (Å²) in [7, 11) is 0. The number of nitrogens with one attached hydrogen (secondary N) is 2. The minimum Gasteiger partial charge on any atom is -0.326 e. The van der Waals surface area contributed by atoms with Crippen LogP contribution in [0.25, 0.3) is 0 Å². The molecule has 0 bridgehead atoms. The number of carbonyl (C=O) groups excluding carboxylic acids is 1. The van der Waals surface area contributed by atoms with Crippen molar-refractivity contribution >= 4 is 11.6 Å². The van der Waals surface area contributed by atoms with Gasteiger partial charge in [-0.25, -0.2) is 4.39 Å². The van der Waals surface area contributed by atoms with Crippen LogP contribution in [0.2, 0.25) is 0 Å². The van der Waals surface area contributed by atoms with E-state index in [0.29, 0.717) is 18.7 Å². The lowest BCUT2D eigenvalue weighted by atomic mass is 10.1. The average Bonchev–Trinajstić information content (AvgIpc) is 2.96. The number of anilines is 1. The molecule has 7 heteroatoms. The molecule has 0 aliphatic carbocycles. The van der Waals surface area contributed by atoms with Gasteiger partial charge in [-0.2, -0.15) is 0 Å². The van der Waals surface area contributed by atoms with Crippen LogP contribution >= 0.6 is 0 Å². The number of rotatable bonds is 6. The van der Waals surface area contributed by atoms with Crippen LogP contribution in [-0.2, 0) is 24.3 Å². The van der Waals surface area contributed by atoms with Gasteiger partial charge in [-0.05, 0) is 38.0 Å². The van der Waals surface area contributed by atoms with Crippen LogP contribution in [0.5, 0.6) is 0 Å². The Morgan fingerprint density at radius 1 is 1.38 bits per heavy atom. The summed E-state index contributed by atoms with van der Waals surface area (Å²) in [4.78, 5) is 12.0. The van der Waals surface area contributed by atoms with E-state index in [2.05, 4.69) is 25.4 Å². The number of hydrogen-bond acceptors (Lipinski definition) is 4. The van der Waals surface area contributed by atoms with E-state index in [1.165, 1.54) is 18.6 Å². The van der Waals surface area contributed by atoms with Crippen LogP contribution in [-0.4, -0.2) is 26.7 Å². The Labute approximate surface area is 140 Å². The lowest BCUT2D eigenvalue weighted by Crippen LogP contribution is -2.31. The fourth-order valence-electron chi connectivity index (χ4n) is 2.89. The highest BCUT2D eigenvalue weighted by atomic mass is 19.1. The summed E-state index contributed by atoms with van der Waals surface area (Å²) in [6.45, 7) is 3.49. The Morgan fingerprint density at radius 3 is 3.08 bits per heavy atom. The number of nitrogens with zero attached hydrogens (tertiary/aromatic N) is 3. The molecule has 2 aromatic rings. The van der Waals surface area contributed by atoms with Crippen molar-refractivity contribution < 1.29 is 9.18 Å². The van der Waals surface area contributed by atoms with Crippen LogP contribution in [0.4, 0.5) is 10.1 Å². The van der Waals surface area contributed by atoms with Gasteiger partial charge in [-0.15, -0.1) is 10.2 Å². The normalized spacial score (nSPS) is 14.9. The number of carbonyl (C=O) groups is 1. The zero-order valence-corrected chi connectivity index (χ0v) is 13.8. The van der Waals surface area contributed by atoms with E-state index in [4.69, 9.17) is 0 Å². The van der Waals surface area contributed by atoms with E-state index < -0.39 is 0 Å². The molecular weight excluding hydrogens is 309 g/mol. The van der Waals surface area contributed by atoms with Crippen LogP contribution in [0.1, 0.15) is 37.8 Å². The molecule has 0 saturated carbocycles. The van der Waals surface area contributed by atoms with Crippen LogP contribution < -0.4 is 10.6 Å². The molecule has 1 aromatic carbocycles. The standard InChI is InChI=1S/C17H22FN5O/c1-12(9-17(24)20-14-6-4-5-13(18)10-14)19-11-16-22-21-15-7-2-3-8-23(15)16/h4-6,10,12,19H,2-3,7-9,11H2,1H3,(H,20,24)/t12-/m1/s1. The molecule has 0 spiro atoms. The maximum Gasteiger partial charge on any atom is 0.225 e. The maximum absolute atomic E-state index is 13.1. The molecule has 1 amide bonds. The maximum atomic E-state index is 13.1. The summed E-state index contributed by atoms with van der Waals surface area (Å²) in [5.74, 6) is 1.45. The second-order valence-corrected chi connectivity index (χ2v) is 6.19. The summed E-state index contributed by atoms with van der Waals surface area (Å²) >= 11 is 0. The van der Waals surface area contributed by atoms with E-state index in [-0.39, 0.29) is 17.8 Å². The van der Waals surface area contributed by atoms with Gasteiger partial charge >= 0.3 is 0 Å². The first-order valence-electron chi connectivity index (χ1n) is 8.31. The first kappa shape index (κ1) is 16.6. The monoisotopic (exact) mass is 331 g/mol. The van der Waals surface area contributed by atoms with Crippen LogP contribution in [0.15, 0.2) is 24.3 Å². The summed E-state index contributed by atoms with van der Waals surface area (Å²) in [6.07, 6.45) is 3.61. The molecular formula is C17H22FN5O. The van der Waals surface area contributed by atoms with Gasteiger partial charge in [0.15, 0.2) is 0 Å². The molecule has 0 unspecified atom stereocenters. The van der Waals surface area contributed by atoms with Crippen molar-refractivity contribution in [3.63, 3.8) is 0 Å². The van der Waals surface area contributed by atoms with Crippen molar-refractivity contribution in [1.82, 2.24) is 20.1 Å². The van der Waals surface area contributed by atoms with Crippen molar-refractivity contribution in [2.24, 2.45) is 0 Å². The third-order valence-corrected chi connectivity index (χ3v) is 4.14. The number of aryl methyl sites for hydroxylation is 1. The molecule has 6 nitrogen and oxygen atoms in total. The fraction of sp³-hybridized carbons (Fsp3) is 0.471. The van der Waals surface area contributed by atoms with Gasteiger partial charge in [0, 0.05) is 31.1 Å². The molecule has 0 saturated heterocycles. The molecule has 0 radical (unpaired) electrons. The van der Waals surface area contributed by atoms with Crippen molar-refractivity contribution in [2.45, 2.75) is 51.7 Å². The third kappa shape index (κ3) is 4.17. The van der Waals surface area contributed by atoms with Gasteiger partial charge in [-0.1, -0.05) is 6.07 Å². The highest BCUT2D eigenvalue weighted by Crippen LogP contribution is 2.14. The predicted octanol–water partition coefficient (Wildman–Crippen LogP) is 2.26. The van der Waals surface area contributed by atoms with Gasteiger partial charge in [0.2, 0.25) is 5.91 Å². The second kappa shape index (κ2) is 7.53. The molecule has 2 N–H and O–H groups in total. The molecule has 24 heavy (non-hydrogen) atoms. The summed E-state index contributed by atoms with van der Waals surface area (Å²) < 4.78 is 15.3. The molecule has 1 aromatic heterocycles. The SMILES string of the molecule is C[C@H](CC(=O)Nc1cccc(F)c1)NCc1nnc2n1CCCC2. The minimum atomic E-state index is -0.365. The zero-order chi connectivity index (χ0) is 16.9. The average molecular weight is 331 g/mol. The molecule has 1 aliphatic heterocycles. The van der Waals surface area contributed by atoms with Crippen LogP contribution in [0.3, 0.4) is 0 Å². The van der Waals surface area contributed by atoms with Crippen molar-refractivity contribution in [3.8, 4) is 0 Å². The number of fused-ring (bicyclic) bond motifs is 1. The number of halogens is 1. The van der Waals surface area contributed by atoms with Crippen LogP contribution in [0, 0.1) is 5.82 Å². The largest absolute Gasteiger partial charge is 0.326 e. The zero-order valence-electron chi connectivity index (χ0n) is 13.8. The molecule has 128 valence electrons. The van der Waals surface area contributed by atoms with E-state index in [1.807, 2.05) is 6.92 Å². The van der Waals surface area contributed by atoms with Gasteiger partial charge in [0.05, 0.1) is 6.54 Å². The predicted molar refractivity (Wildman–Crippen MR) is 88.9 cm³/mol. The van der Waals surface area contributed by atoms with Crippen molar-refractivity contribution in [2.75, 3.05) is 5.32 Å². The summed E-state index contributed by atoms with van der Waals surface area (Å²) in [5.41, 5.74) is 0.471. The Hall–Kier alpha value is -2.28. The molecule has 2 heterocycles. The lowest BCUT2D eigenvalue weighted by Gasteiger charge is -2.17. The van der Waals surface area contributed by atoms with E-state index in [0.717, 1.165) is 31.0 Å². The van der Waals surface area contributed by atoms with E-state index >= 15 is 0 Å². The molecule has 1 aliphatic rings. The number of hydrogen-bond donors (Lipinski definition) is 2. The first-order chi connectivity index (χ1) is 11.6. The number of benzene rings is 1. The third-order valence-electron chi connectivity index (χ3n) is 4.14. The van der Waals surface area contributed by atoms with Gasteiger partial charge in [0.1, 0.15) is 17.5 Å². The highest BCUT2D eigenvalue weighted by Gasteiger charge is 2.16. The van der Waals surface area contributed by atoms with Gasteiger partial charge in [0.25, 0.3) is 0 Å². The van der Waals surface area contributed by atoms with Crippen molar-refractivity contribution in [3.05, 3.63) is 41.7 Å².